The van der Waals surface area contributed by atoms with E-state index in [-0.39, 0.29) is 0 Å². The van der Waals surface area contributed by atoms with Gasteiger partial charge in [0.25, 0.3) is 0 Å². The maximum Gasteiger partial charge on any atom is 0.0455 e. The Hall–Kier alpha value is -1.11. The van der Waals surface area contributed by atoms with Crippen molar-refractivity contribution in [3.8, 4) is 0 Å². The van der Waals surface area contributed by atoms with Crippen LogP contribution in [0, 0.1) is 0 Å². The molecule has 0 saturated carbocycles. The first-order valence-electron chi connectivity index (χ1n) is 3.96. The molecule has 0 aromatic heterocycles. The number of hydrogen-bond donors (Lipinski definition) is 0. The third-order valence-corrected chi connectivity index (χ3v) is 2.14. The highest BCUT2D eigenvalue weighted by Gasteiger charge is 2.11. The minimum atomic E-state index is 0.594. The summed E-state index contributed by atoms with van der Waals surface area (Å²) >= 11 is 0. The van der Waals surface area contributed by atoms with Gasteiger partial charge in [-0.05, 0) is 11.1 Å². The summed E-state index contributed by atoms with van der Waals surface area (Å²) < 4.78 is 0. The molecule has 1 aliphatic rings. The van der Waals surface area contributed by atoms with E-state index >= 15 is 0 Å². The molecule has 0 saturated heterocycles. The molecule has 0 bridgehead atoms. The van der Waals surface area contributed by atoms with Crippen molar-refractivity contribution in [1.29, 1.82) is 0 Å². The largest absolute Gasteiger partial charge is 0.292 e. The zero-order valence-electron chi connectivity index (χ0n) is 6.62. The molecule has 0 amide bonds. The molecule has 1 aliphatic heterocycles. The van der Waals surface area contributed by atoms with Crippen LogP contribution < -0.4 is 0 Å². The summed E-state index contributed by atoms with van der Waals surface area (Å²) in [5.74, 6) is 0.594. The number of rotatable bonds is 0. The molecule has 1 nitrogen and oxygen atoms in total. The molecule has 1 heterocycles. The van der Waals surface area contributed by atoms with E-state index in [1.165, 1.54) is 11.1 Å². The van der Waals surface area contributed by atoms with Crippen molar-refractivity contribution < 1.29 is 0 Å². The quantitative estimate of drug-likeness (QED) is 0.531. The predicted octanol–water partition coefficient (Wildman–Crippen LogP) is 2.22. The van der Waals surface area contributed by atoms with E-state index in [2.05, 4.69) is 36.2 Å². The molecule has 1 heteroatoms. The number of nitrogens with zero attached hydrogens (tertiary/aromatic N) is 1. The zero-order valence-corrected chi connectivity index (χ0v) is 6.62. The van der Waals surface area contributed by atoms with Crippen LogP contribution in [0.25, 0.3) is 0 Å². The van der Waals surface area contributed by atoms with Crippen molar-refractivity contribution >= 4 is 6.21 Å². The van der Waals surface area contributed by atoms with Gasteiger partial charge in [0.05, 0.1) is 0 Å². The van der Waals surface area contributed by atoms with Gasteiger partial charge in [0, 0.05) is 18.7 Å². The first-order chi connectivity index (χ1) is 5.38. The Morgan fingerprint density at radius 3 is 3.00 bits per heavy atom. The highest BCUT2D eigenvalue weighted by Crippen LogP contribution is 2.21. The van der Waals surface area contributed by atoms with E-state index in [0.717, 1.165) is 6.54 Å². The van der Waals surface area contributed by atoms with Gasteiger partial charge in [-0.1, -0.05) is 31.2 Å². The Kier molecular flexibility index (Phi) is 1.50. The number of fused-ring (bicyclic) bond motifs is 1. The van der Waals surface area contributed by atoms with Crippen LogP contribution in [-0.4, -0.2) is 12.8 Å². The van der Waals surface area contributed by atoms with Gasteiger partial charge in [-0.15, -0.1) is 0 Å². The summed E-state index contributed by atoms with van der Waals surface area (Å²) in [4.78, 5) is 4.27. The van der Waals surface area contributed by atoms with Crippen LogP contribution in [0.1, 0.15) is 24.0 Å². The topological polar surface area (TPSA) is 12.4 Å². The van der Waals surface area contributed by atoms with Crippen LogP contribution in [0.2, 0.25) is 0 Å². The number of benzene rings is 1. The van der Waals surface area contributed by atoms with Crippen LogP contribution >= 0.6 is 0 Å². The molecule has 2 rings (SSSR count). The van der Waals surface area contributed by atoms with Crippen LogP contribution in [0.5, 0.6) is 0 Å². The molecule has 0 aliphatic carbocycles. The van der Waals surface area contributed by atoms with Crippen LogP contribution in [0.4, 0.5) is 0 Å². The van der Waals surface area contributed by atoms with Gasteiger partial charge in [-0.2, -0.15) is 0 Å². The molecule has 1 aromatic rings. The number of hydrogen-bond acceptors (Lipinski definition) is 1. The van der Waals surface area contributed by atoms with Crippen molar-refractivity contribution in [3.05, 3.63) is 35.4 Å². The molecule has 0 radical (unpaired) electrons. The van der Waals surface area contributed by atoms with Crippen molar-refractivity contribution in [1.82, 2.24) is 0 Å². The molecule has 0 unspecified atom stereocenters. The average molecular weight is 145 g/mol. The minimum Gasteiger partial charge on any atom is -0.292 e. The summed E-state index contributed by atoms with van der Waals surface area (Å²) in [5, 5.41) is 0. The Bertz CT molecular complexity index is 289. The van der Waals surface area contributed by atoms with Crippen LogP contribution in [0.3, 0.4) is 0 Å². The van der Waals surface area contributed by atoms with Crippen molar-refractivity contribution in [2.24, 2.45) is 4.99 Å². The first-order valence-corrected chi connectivity index (χ1v) is 3.96. The van der Waals surface area contributed by atoms with E-state index in [0.29, 0.717) is 5.92 Å². The SMILES string of the molecule is C[C@@H]1CN=Cc2ccccc21. The second-order valence-corrected chi connectivity index (χ2v) is 3.02. The standard InChI is InChI=1S/C10H11N/c1-8-6-11-7-9-4-2-3-5-10(8)9/h2-5,7-8H,6H2,1H3/t8-/m1/s1. The Labute approximate surface area is 66.8 Å². The lowest BCUT2D eigenvalue weighted by atomic mass is 9.94. The second-order valence-electron chi connectivity index (χ2n) is 3.02. The predicted molar refractivity (Wildman–Crippen MR) is 47.3 cm³/mol. The first kappa shape index (κ1) is 6.59. The van der Waals surface area contributed by atoms with Gasteiger partial charge in [-0.3, -0.25) is 4.99 Å². The van der Waals surface area contributed by atoms with Gasteiger partial charge < -0.3 is 0 Å². The third kappa shape index (κ3) is 1.07. The summed E-state index contributed by atoms with van der Waals surface area (Å²) in [5.41, 5.74) is 2.72. The summed E-state index contributed by atoms with van der Waals surface area (Å²) in [6.45, 7) is 3.16. The second kappa shape index (κ2) is 2.50. The van der Waals surface area contributed by atoms with Gasteiger partial charge in [0.1, 0.15) is 0 Å². The fourth-order valence-electron chi connectivity index (χ4n) is 1.48. The lowest BCUT2D eigenvalue weighted by Gasteiger charge is -2.15. The van der Waals surface area contributed by atoms with E-state index in [1.54, 1.807) is 0 Å². The van der Waals surface area contributed by atoms with Crippen molar-refractivity contribution in [2.45, 2.75) is 12.8 Å². The lowest BCUT2D eigenvalue weighted by Crippen LogP contribution is -2.07. The monoisotopic (exact) mass is 145 g/mol. The van der Waals surface area contributed by atoms with Crippen molar-refractivity contribution in [3.63, 3.8) is 0 Å². The van der Waals surface area contributed by atoms with E-state index < -0.39 is 0 Å². The fourth-order valence-corrected chi connectivity index (χ4v) is 1.48. The smallest absolute Gasteiger partial charge is 0.0455 e. The van der Waals surface area contributed by atoms with E-state index in [9.17, 15) is 0 Å². The highest BCUT2D eigenvalue weighted by atomic mass is 14.7. The lowest BCUT2D eigenvalue weighted by molar-refractivity contribution is 0.765. The summed E-state index contributed by atoms with van der Waals surface area (Å²) in [7, 11) is 0. The summed E-state index contributed by atoms with van der Waals surface area (Å²) in [6, 6.07) is 8.46. The maximum atomic E-state index is 4.27. The molecule has 0 fully saturated rings. The molecule has 1 aromatic carbocycles. The zero-order chi connectivity index (χ0) is 7.68. The number of aliphatic imine (C=N–C) groups is 1. The van der Waals surface area contributed by atoms with Gasteiger partial charge in [-0.25, -0.2) is 0 Å². The van der Waals surface area contributed by atoms with Gasteiger partial charge >= 0.3 is 0 Å². The molecule has 1 atom stereocenters. The summed E-state index contributed by atoms with van der Waals surface area (Å²) in [6.07, 6.45) is 1.97. The fraction of sp³-hybridized carbons (Fsp3) is 0.300. The minimum absolute atomic E-state index is 0.594. The van der Waals surface area contributed by atoms with Gasteiger partial charge in [0.2, 0.25) is 0 Å². The molecule has 0 N–H and O–H groups in total. The highest BCUT2D eigenvalue weighted by molar-refractivity contribution is 5.83. The van der Waals surface area contributed by atoms with Gasteiger partial charge in [0.15, 0.2) is 0 Å². The van der Waals surface area contributed by atoms with Crippen LogP contribution in [0.15, 0.2) is 29.3 Å². The maximum absolute atomic E-state index is 4.27. The Morgan fingerprint density at radius 1 is 1.36 bits per heavy atom. The average Bonchev–Trinajstić information content (AvgIpc) is 2.06. The molecule has 56 valence electrons. The Morgan fingerprint density at radius 2 is 2.18 bits per heavy atom. The van der Waals surface area contributed by atoms with Crippen LogP contribution in [-0.2, 0) is 0 Å². The molecule has 11 heavy (non-hydrogen) atoms. The third-order valence-electron chi connectivity index (χ3n) is 2.14. The van der Waals surface area contributed by atoms with Crippen molar-refractivity contribution in [2.75, 3.05) is 6.54 Å². The normalized spacial score (nSPS) is 21.4. The molecule has 0 spiro atoms. The molecular weight excluding hydrogens is 134 g/mol. The van der Waals surface area contributed by atoms with E-state index in [4.69, 9.17) is 0 Å². The van der Waals surface area contributed by atoms with E-state index in [1.807, 2.05) is 6.21 Å². The Balaban J connectivity index is 2.54. The molecular formula is C10H11N.